The van der Waals surface area contributed by atoms with Crippen molar-refractivity contribution in [3.05, 3.63) is 59.2 Å². The van der Waals surface area contributed by atoms with Gasteiger partial charge in [0.05, 0.1) is 16.1 Å². The molecule has 1 aromatic heterocycles. The summed E-state index contributed by atoms with van der Waals surface area (Å²) < 4.78 is 26.6. The van der Waals surface area contributed by atoms with Gasteiger partial charge in [0.15, 0.2) is 0 Å². The Labute approximate surface area is 159 Å². The van der Waals surface area contributed by atoms with Gasteiger partial charge in [0.1, 0.15) is 4.90 Å². The van der Waals surface area contributed by atoms with Crippen molar-refractivity contribution < 1.29 is 8.42 Å². The highest BCUT2D eigenvalue weighted by atomic mass is 35.5. The van der Waals surface area contributed by atoms with Crippen molar-refractivity contribution >= 4 is 38.0 Å². The van der Waals surface area contributed by atoms with Gasteiger partial charge in [0.2, 0.25) is 9.84 Å². The summed E-state index contributed by atoms with van der Waals surface area (Å²) in [5.74, 6) is 0. The van der Waals surface area contributed by atoms with Crippen LogP contribution in [-0.4, -0.2) is 26.5 Å². The zero-order chi connectivity index (χ0) is 18.9. The molecule has 6 heteroatoms. The van der Waals surface area contributed by atoms with Crippen molar-refractivity contribution in [2.24, 2.45) is 0 Å². The van der Waals surface area contributed by atoms with Crippen LogP contribution in [0.3, 0.4) is 0 Å². The van der Waals surface area contributed by atoms with Gasteiger partial charge in [0, 0.05) is 29.7 Å². The van der Waals surface area contributed by atoms with Crippen molar-refractivity contribution in [3.63, 3.8) is 0 Å². The van der Waals surface area contributed by atoms with Gasteiger partial charge < -0.3 is 4.90 Å². The molecule has 0 amide bonds. The van der Waals surface area contributed by atoms with E-state index < -0.39 is 9.84 Å². The first-order valence-corrected chi connectivity index (χ1v) is 10.4. The molecule has 0 bridgehead atoms. The van der Waals surface area contributed by atoms with E-state index in [0.717, 1.165) is 16.5 Å². The summed E-state index contributed by atoms with van der Waals surface area (Å²) in [6, 6.07) is 12.1. The Morgan fingerprint density at radius 3 is 2.31 bits per heavy atom. The maximum absolute atomic E-state index is 13.3. The molecule has 0 N–H and O–H groups in total. The van der Waals surface area contributed by atoms with Crippen molar-refractivity contribution in [2.75, 3.05) is 18.0 Å². The van der Waals surface area contributed by atoms with Crippen LogP contribution in [0.4, 0.5) is 5.69 Å². The second-order valence-corrected chi connectivity index (χ2v) is 8.48. The van der Waals surface area contributed by atoms with Gasteiger partial charge in [-0.05, 0) is 57.2 Å². The van der Waals surface area contributed by atoms with Crippen LogP contribution in [0.15, 0.2) is 58.5 Å². The lowest BCUT2D eigenvalue weighted by Crippen LogP contribution is -2.24. The van der Waals surface area contributed by atoms with Crippen LogP contribution in [0.25, 0.3) is 10.9 Å². The fraction of sp³-hybridized carbons (Fsp3) is 0.250. The summed E-state index contributed by atoms with van der Waals surface area (Å²) in [5.41, 5.74) is 2.56. The molecule has 0 unspecified atom stereocenters. The summed E-state index contributed by atoms with van der Waals surface area (Å²) in [6.07, 6.45) is 1.47. The Balaban J connectivity index is 2.34. The van der Waals surface area contributed by atoms with Crippen LogP contribution in [0.5, 0.6) is 0 Å². The number of nitrogens with zero attached hydrogens (tertiary/aromatic N) is 2. The average Bonchev–Trinajstić information content (AvgIpc) is 2.63. The van der Waals surface area contributed by atoms with Gasteiger partial charge in [-0.25, -0.2) is 8.42 Å². The highest BCUT2D eigenvalue weighted by molar-refractivity contribution is 7.91. The summed E-state index contributed by atoms with van der Waals surface area (Å²) in [6.45, 7) is 7.43. The van der Waals surface area contributed by atoms with Crippen LogP contribution in [-0.2, 0) is 9.84 Å². The third kappa shape index (κ3) is 3.29. The van der Waals surface area contributed by atoms with E-state index in [1.807, 2.05) is 39.0 Å². The van der Waals surface area contributed by atoms with E-state index in [1.54, 1.807) is 12.1 Å². The predicted molar refractivity (Wildman–Crippen MR) is 107 cm³/mol. The molecular formula is C20H21ClN2O2S. The molecule has 0 aliphatic heterocycles. The van der Waals surface area contributed by atoms with Crippen molar-refractivity contribution in [1.29, 1.82) is 0 Å². The van der Waals surface area contributed by atoms with Crippen LogP contribution >= 0.6 is 11.6 Å². The van der Waals surface area contributed by atoms with Crippen molar-refractivity contribution in [2.45, 2.75) is 30.6 Å². The van der Waals surface area contributed by atoms with Gasteiger partial charge >= 0.3 is 0 Å². The van der Waals surface area contributed by atoms with E-state index >= 15 is 0 Å². The van der Waals surface area contributed by atoms with Crippen molar-refractivity contribution in [3.8, 4) is 0 Å². The smallest absolute Gasteiger partial charge is 0.210 e. The van der Waals surface area contributed by atoms with E-state index in [4.69, 9.17) is 11.6 Å². The lowest BCUT2D eigenvalue weighted by molar-refractivity contribution is 0.595. The summed E-state index contributed by atoms with van der Waals surface area (Å²) >= 11 is 5.91. The van der Waals surface area contributed by atoms with Crippen LogP contribution in [0.2, 0.25) is 5.02 Å². The molecule has 0 saturated carbocycles. The molecule has 0 spiro atoms. The average molecular weight is 389 g/mol. The summed E-state index contributed by atoms with van der Waals surface area (Å²) in [4.78, 5) is 6.91. The molecule has 0 aliphatic rings. The number of aryl methyl sites for hydroxylation is 1. The van der Waals surface area contributed by atoms with Gasteiger partial charge in [-0.1, -0.05) is 23.2 Å². The minimum atomic E-state index is -3.72. The molecule has 0 saturated heterocycles. The second kappa shape index (κ2) is 7.25. The number of sulfone groups is 1. The van der Waals surface area contributed by atoms with E-state index in [1.165, 1.54) is 18.3 Å². The number of aromatic nitrogens is 1. The summed E-state index contributed by atoms with van der Waals surface area (Å²) in [7, 11) is -3.72. The topological polar surface area (TPSA) is 50.3 Å². The Bertz CT molecular complexity index is 1040. The minimum Gasteiger partial charge on any atom is -0.370 e. The van der Waals surface area contributed by atoms with Crippen LogP contribution in [0, 0.1) is 6.92 Å². The largest absolute Gasteiger partial charge is 0.370 e. The first kappa shape index (κ1) is 18.7. The third-order valence-corrected chi connectivity index (χ3v) is 6.48. The maximum Gasteiger partial charge on any atom is 0.210 e. The van der Waals surface area contributed by atoms with Gasteiger partial charge in [-0.2, -0.15) is 0 Å². The SMILES string of the molecule is CCN(CC)c1c(S(=O)(=O)c2ccc(Cl)cc2)cnc2ccc(C)cc12. The lowest BCUT2D eigenvalue weighted by atomic mass is 10.1. The van der Waals surface area contributed by atoms with Gasteiger partial charge in [-0.3, -0.25) is 4.98 Å². The zero-order valence-corrected chi connectivity index (χ0v) is 16.6. The Kier molecular flexibility index (Phi) is 5.21. The molecule has 1 heterocycles. The number of hydrogen-bond donors (Lipinski definition) is 0. The van der Waals surface area contributed by atoms with E-state index in [-0.39, 0.29) is 9.79 Å². The van der Waals surface area contributed by atoms with E-state index in [0.29, 0.717) is 23.8 Å². The molecule has 0 aliphatic carbocycles. The second-order valence-electron chi connectivity index (χ2n) is 6.12. The summed E-state index contributed by atoms with van der Waals surface area (Å²) in [5, 5.41) is 1.35. The molecule has 26 heavy (non-hydrogen) atoms. The highest BCUT2D eigenvalue weighted by Gasteiger charge is 2.26. The van der Waals surface area contributed by atoms with E-state index in [2.05, 4.69) is 9.88 Å². The quantitative estimate of drug-likeness (QED) is 0.625. The number of fused-ring (bicyclic) bond motifs is 1. The molecule has 2 aromatic carbocycles. The molecule has 136 valence electrons. The van der Waals surface area contributed by atoms with Gasteiger partial charge in [-0.15, -0.1) is 0 Å². The lowest BCUT2D eigenvalue weighted by Gasteiger charge is -2.25. The van der Waals surface area contributed by atoms with Crippen LogP contribution in [0.1, 0.15) is 19.4 Å². The molecule has 4 nitrogen and oxygen atoms in total. The fourth-order valence-corrected chi connectivity index (χ4v) is 4.64. The predicted octanol–water partition coefficient (Wildman–Crippen LogP) is 4.88. The zero-order valence-electron chi connectivity index (χ0n) is 15.0. The first-order valence-electron chi connectivity index (χ1n) is 8.53. The standard InChI is InChI=1S/C20H21ClN2O2S/c1-4-23(5-2)20-17-12-14(3)6-11-18(17)22-13-19(20)26(24,25)16-9-7-15(21)8-10-16/h6-13H,4-5H2,1-3H3. The fourth-order valence-electron chi connectivity index (χ4n) is 3.08. The number of pyridine rings is 1. The van der Waals surface area contributed by atoms with Crippen molar-refractivity contribution in [1.82, 2.24) is 4.98 Å². The molecule has 0 radical (unpaired) electrons. The Hall–Kier alpha value is -2.11. The number of rotatable bonds is 5. The maximum atomic E-state index is 13.3. The minimum absolute atomic E-state index is 0.212. The molecular weight excluding hydrogens is 368 g/mol. The molecule has 0 atom stereocenters. The van der Waals surface area contributed by atoms with Gasteiger partial charge in [0.25, 0.3) is 0 Å². The number of halogens is 1. The molecule has 3 rings (SSSR count). The van der Waals surface area contributed by atoms with E-state index in [9.17, 15) is 8.42 Å². The Morgan fingerprint density at radius 1 is 1.04 bits per heavy atom. The molecule has 0 fully saturated rings. The highest BCUT2D eigenvalue weighted by Crippen LogP contribution is 2.36. The first-order chi connectivity index (χ1) is 12.4. The Morgan fingerprint density at radius 2 is 1.69 bits per heavy atom. The monoisotopic (exact) mass is 388 g/mol. The number of benzene rings is 2. The van der Waals surface area contributed by atoms with Crippen LogP contribution < -0.4 is 4.90 Å². The number of hydrogen-bond acceptors (Lipinski definition) is 4. The number of anilines is 1. The normalized spacial score (nSPS) is 11.7. The molecule has 3 aromatic rings. The third-order valence-electron chi connectivity index (χ3n) is 4.45.